The lowest BCUT2D eigenvalue weighted by Gasteiger charge is -2.12. The van der Waals surface area contributed by atoms with Crippen molar-refractivity contribution in [3.8, 4) is 18.1 Å². The summed E-state index contributed by atoms with van der Waals surface area (Å²) in [6.45, 7) is 4.62. The minimum absolute atomic E-state index is 0.0887. The van der Waals surface area contributed by atoms with E-state index in [1.807, 2.05) is 13.8 Å². The van der Waals surface area contributed by atoms with Crippen LogP contribution in [0.4, 0.5) is 4.39 Å². The Labute approximate surface area is 96.6 Å². The predicted molar refractivity (Wildman–Crippen MR) is 63.9 cm³/mol. The van der Waals surface area contributed by atoms with Gasteiger partial charge in [0.25, 0.3) is 0 Å². The quantitative estimate of drug-likeness (QED) is 0.691. The van der Waals surface area contributed by atoms with Crippen molar-refractivity contribution >= 4 is 0 Å². The Morgan fingerprint density at radius 3 is 2.88 bits per heavy atom. The number of terminal acetylenes is 1. The maximum Gasteiger partial charge on any atom is 0.123 e. The van der Waals surface area contributed by atoms with E-state index in [9.17, 15) is 4.39 Å². The van der Waals surface area contributed by atoms with Gasteiger partial charge in [0.2, 0.25) is 0 Å². The third-order valence-electron chi connectivity index (χ3n) is 2.29. The van der Waals surface area contributed by atoms with Gasteiger partial charge in [-0.1, -0.05) is 13.8 Å². The SMILES string of the molecule is C#CC(C)Cc1cc(F)ccc1OCCC. The molecule has 0 aliphatic heterocycles. The normalized spacial score (nSPS) is 11.9. The molecule has 1 aromatic rings. The maximum absolute atomic E-state index is 13.1. The zero-order valence-corrected chi connectivity index (χ0v) is 9.79. The summed E-state index contributed by atoms with van der Waals surface area (Å²) in [6.07, 6.45) is 6.90. The lowest BCUT2D eigenvalue weighted by molar-refractivity contribution is 0.313. The van der Waals surface area contributed by atoms with Crippen LogP contribution in [0.15, 0.2) is 18.2 Å². The molecule has 16 heavy (non-hydrogen) atoms. The molecule has 0 radical (unpaired) electrons. The summed E-state index contributed by atoms with van der Waals surface area (Å²) < 4.78 is 18.7. The van der Waals surface area contributed by atoms with Gasteiger partial charge in [0.15, 0.2) is 0 Å². The molecular formula is C14H17FO. The van der Waals surface area contributed by atoms with Crippen molar-refractivity contribution in [2.45, 2.75) is 26.7 Å². The molecule has 0 amide bonds. The molecule has 0 fully saturated rings. The molecule has 0 N–H and O–H groups in total. The Bertz CT molecular complexity index is 379. The first-order chi connectivity index (χ1) is 7.67. The van der Waals surface area contributed by atoms with Gasteiger partial charge in [-0.15, -0.1) is 12.3 Å². The zero-order chi connectivity index (χ0) is 12.0. The zero-order valence-electron chi connectivity index (χ0n) is 9.79. The van der Waals surface area contributed by atoms with Crippen LogP contribution in [0, 0.1) is 24.1 Å². The van der Waals surface area contributed by atoms with Gasteiger partial charge in [0.1, 0.15) is 11.6 Å². The summed E-state index contributed by atoms with van der Waals surface area (Å²) in [5, 5.41) is 0. The van der Waals surface area contributed by atoms with Gasteiger partial charge in [-0.25, -0.2) is 4.39 Å². The molecule has 0 aliphatic rings. The molecule has 0 spiro atoms. The van der Waals surface area contributed by atoms with Crippen LogP contribution < -0.4 is 4.74 Å². The van der Waals surface area contributed by atoms with Crippen molar-refractivity contribution in [3.05, 3.63) is 29.6 Å². The molecule has 0 aromatic heterocycles. The van der Waals surface area contributed by atoms with E-state index < -0.39 is 0 Å². The van der Waals surface area contributed by atoms with E-state index in [-0.39, 0.29) is 11.7 Å². The molecule has 1 aromatic carbocycles. The van der Waals surface area contributed by atoms with Gasteiger partial charge >= 0.3 is 0 Å². The molecule has 0 saturated carbocycles. The fourth-order valence-corrected chi connectivity index (χ4v) is 1.45. The van der Waals surface area contributed by atoms with Gasteiger partial charge in [-0.2, -0.15) is 0 Å². The highest BCUT2D eigenvalue weighted by molar-refractivity contribution is 5.34. The van der Waals surface area contributed by atoms with Crippen molar-refractivity contribution in [1.82, 2.24) is 0 Å². The number of hydrogen-bond acceptors (Lipinski definition) is 1. The lowest BCUT2D eigenvalue weighted by atomic mass is 10.0. The molecule has 1 atom stereocenters. The Hall–Kier alpha value is -1.49. The molecular weight excluding hydrogens is 203 g/mol. The number of benzene rings is 1. The minimum Gasteiger partial charge on any atom is -0.493 e. The van der Waals surface area contributed by atoms with Crippen molar-refractivity contribution in [1.29, 1.82) is 0 Å². The van der Waals surface area contributed by atoms with Gasteiger partial charge < -0.3 is 4.74 Å². The largest absolute Gasteiger partial charge is 0.493 e. The second-order valence-electron chi connectivity index (χ2n) is 3.87. The molecule has 1 rings (SSSR count). The summed E-state index contributed by atoms with van der Waals surface area (Å²) in [5.41, 5.74) is 0.846. The average Bonchev–Trinajstić information content (AvgIpc) is 2.28. The summed E-state index contributed by atoms with van der Waals surface area (Å²) >= 11 is 0. The van der Waals surface area contributed by atoms with Gasteiger partial charge in [0.05, 0.1) is 6.61 Å². The summed E-state index contributed by atoms with van der Waals surface area (Å²) in [6, 6.07) is 4.58. The molecule has 2 heteroatoms. The van der Waals surface area contributed by atoms with Crippen LogP contribution in [-0.4, -0.2) is 6.61 Å². The van der Waals surface area contributed by atoms with Crippen molar-refractivity contribution in [2.24, 2.45) is 5.92 Å². The van der Waals surface area contributed by atoms with Crippen LogP contribution in [0.5, 0.6) is 5.75 Å². The van der Waals surface area contributed by atoms with E-state index in [2.05, 4.69) is 5.92 Å². The van der Waals surface area contributed by atoms with E-state index in [0.29, 0.717) is 13.0 Å². The Morgan fingerprint density at radius 2 is 2.25 bits per heavy atom. The van der Waals surface area contributed by atoms with Crippen LogP contribution in [0.25, 0.3) is 0 Å². The maximum atomic E-state index is 13.1. The van der Waals surface area contributed by atoms with E-state index in [4.69, 9.17) is 11.2 Å². The van der Waals surface area contributed by atoms with Crippen molar-refractivity contribution in [2.75, 3.05) is 6.61 Å². The lowest BCUT2D eigenvalue weighted by Crippen LogP contribution is -2.03. The smallest absolute Gasteiger partial charge is 0.123 e. The second kappa shape index (κ2) is 6.17. The predicted octanol–water partition coefficient (Wildman–Crippen LogP) is 3.43. The number of halogens is 1. The highest BCUT2D eigenvalue weighted by atomic mass is 19.1. The Kier molecular flexibility index (Phi) is 4.85. The van der Waals surface area contributed by atoms with Crippen LogP contribution in [0.2, 0.25) is 0 Å². The topological polar surface area (TPSA) is 9.23 Å². The van der Waals surface area contributed by atoms with Crippen molar-refractivity contribution < 1.29 is 9.13 Å². The van der Waals surface area contributed by atoms with Crippen LogP contribution >= 0.6 is 0 Å². The van der Waals surface area contributed by atoms with E-state index in [0.717, 1.165) is 17.7 Å². The van der Waals surface area contributed by atoms with Crippen LogP contribution in [-0.2, 0) is 6.42 Å². The first kappa shape index (κ1) is 12.6. The molecule has 0 heterocycles. The Morgan fingerprint density at radius 1 is 1.50 bits per heavy atom. The molecule has 0 aliphatic carbocycles. The second-order valence-corrected chi connectivity index (χ2v) is 3.87. The van der Waals surface area contributed by atoms with E-state index >= 15 is 0 Å². The van der Waals surface area contributed by atoms with Crippen LogP contribution in [0.3, 0.4) is 0 Å². The molecule has 0 saturated heterocycles. The van der Waals surface area contributed by atoms with Gasteiger partial charge in [-0.3, -0.25) is 0 Å². The summed E-state index contributed by atoms with van der Waals surface area (Å²) in [4.78, 5) is 0. The number of ether oxygens (including phenoxy) is 1. The monoisotopic (exact) mass is 220 g/mol. The summed E-state index contributed by atoms with van der Waals surface area (Å²) in [5.74, 6) is 3.22. The first-order valence-electron chi connectivity index (χ1n) is 5.54. The first-order valence-corrected chi connectivity index (χ1v) is 5.54. The number of rotatable bonds is 5. The molecule has 1 unspecified atom stereocenters. The highest BCUT2D eigenvalue weighted by Gasteiger charge is 2.08. The van der Waals surface area contributed by atoms with E-state index in [1.165, 1.54) is 12.1 Å². The summed E-state index contributed by atoms with van der Waals surface area (Å²) in [7, 11) is 0. The number of hydrogen-bond donors (Lipinski definition) is 0. The third kappa shape index (κ3) is 3.58. The highest BCUT2D eigenvalue weighted by Crippen LogP contribution is 2.22. The molecule has 0 bridgehead atoms. The fraction of sp³-hybridized carbons (Fsp3) is 0.429. The minimum atomic E-state index is -0.247. The molecule has 1 nitrogen and oxygen atoms in total. The average molecular weight is 220 g/mol. The standard InChI is InChI=1S/C14H17FO/c1-4-8-16-14-7-6-13(15)10-12(14)9-11(3)5-2/h2,6-7,10-11H,4,8-9H2,1,3H3. The van der Waals surface area contributed by atoms with E-state index in [1.54, 1.807) is 6.07 Å². The van der Waals surface area contributed by atoms with Crippen molar-refractivity contribution in [3.63, 3.8) is 0 Å². The van der Waals surface area contributed by atoms with Gasteiger partial charge in [-0.05, 0) is 36.6 Å². The third-order valence-corrected chi connectivity index (χ3v) is 2.29. The Balaban J connectivity index is 2.85. The fourth-order valence-electron chi connectivity index (χ4n) is 1.45. The van der Waals surface area contributed by atoms with Crippen LogP contribution in [0.1, 0.15) is 25.8 Å². The van der Waals surface area contributed by atoms with Gasteiger partial charge in [0, 0.05) is 5.92 Å². The molecule has 86 valence electrons.